The molecule has 0 radical (unpaired) electrons. The van der Waals surface area contributed by atoms with E-state index in [1.54, 1.807) is 54.6 Å². The Bertz CT molecular complexity index is 1460. The van der Waals surface area contributed by atoms with Gasteiger partial charge in [0.1, 0.15) is 23.0 Å². The number of ether oxygens (including phenoxy) is 2. The SMILES string of the molecule is COc1ccc(Cl)cc1-c1nc(S/C(=C\c2ccc(OCc3ccccc3C#N)cc2)C(=O)O)n[nH]1. The Morgan fingerprint density at radius 2 is 1.97 bits per heavy atom. The molecule has 0 saturated heterocycles. The first-order valence-electron chi connectivity index (χ1n) is 10.6. The molecule has 2 N–H and O–H groups in total. The number of hydrogen-bond acceptors (Lipinski definition) is 7. The van der Waals surface area contributed by atoms with Gasteiger partial charge in [0.15, 0.2) is 5.82 Å². The maximum Gasteiger partial charge on any atom is 0.342 e. The number of halogens is 1. The van der Waals surface area contributed by atoms with Crippen molar-refractivity contribution in [2.24, 2.45) is 0 Å². The van der Waals surface area contributed by atoms with Crippen LogP contribution in [0.25, 0.3) is 17.5 Å². The minimum Gasteiger partial charge on any atom is -0.496 e. The first-order valence-corrected chi connectivity index (χ1v) is 11.8. The number of aromatic nitrogens is 3. The Labute approximate surface area is 216 Å². The fourth-order valence-corrected chi connectivity index (χ4v) is 4.12. The predicted octanol–water partition coefficient (Wildman–Crippen LogP) is 5.80. The summed E-state index contributed by atoms with van der Waals surface area (Å²) in [5.74, 6) is 0.444. The van der Waals surface area contributed by atoms with Crippen molar-refractivity contribution >= 4 is 35.4 Å². The van der Waals surface area contributed by atoms with Crippen molar-refractivity contribution in [3.05, 3.63) is 93.3 Å². The van der Waals surface area contributed by atoms with Crippen LogP contribution in [0.3, 0.4) is 0 Å². The number of methoxy groups -OCH3 is 1. The number of nitrogens with one attached hydrogen (secondary N) is 1. The van der Waals surface area contributed by atoms with E-state index >= 15 is 0 Å². The molecule has 0 unspecified atom stereocenters. The summed E-state index contributed by atoms with van der Waals surface area (Å²) in [5.41, 5.74) is 2.62. The maximum absolute atomic E-state index is 11.9. The lowest BCUT2D eigenvalue weighted by atomic mass is 10.1. The number of rotatable bonds is 9. The quantitative estimate of drug-likeness (QED) is 0.210. The second-order valence-corrected chi connectivity index (χ2v) is 8.80. The second kappa shape index (κ2) is 11.4. The number of carboxylic acids is 1. The number of nitriles is 1. The van der Waals surface area contributed by atoms with Gasteiger partial charge < -0.3 is 14.6 Å². The van der Waals surface area contributed by atoms with Crippen LogP contribution in [0.2, 0.25) is 5.02 Å². The van der Waals surface area contributed by atoms with Gasteiger partial charge in [-0.05, 0) is 59.8 Å². The summed E-state index contributed by atoms with van der Waals surface area (Å²) < 4.78 is 11.1. The number of H-pyrrole nitrogens is 1. The van der Waals surface area contributed by atoms with E-state index in [1.807, 2.05) is 12.1 Å². The Morgan fingerprint density at radius 1 is 1.19 bits per heavy atom. The normalized spacial score (nSPS) is 11.1. The summed E-state index contributed by atoms with van der Waals surface area (Å²) in [6, 6.07) is 21.4. The lowest BCUT2D eigenvalue weighted by molar-refractivity contribution is -0.131. The van der Waals surface area contributed by atoms with E-state index in [1.165, 1.54) is 13.2 Å². The van der Waals surface area contributed by atoms with Crippen LogP contribution in [0.1, 0.15) is 16.7 Å². The van der Waals surface area contributed by atoms with Crippen molar-refractivity contribution in [2.75, 3.05) is 7.11 Å². The average molecular weight is 519 g/mol. The molecule has 3 aromatic carbocycles. The monoisotopic (exact) mass is 518 g/mol. The van der Waals surface area contributed by atoms with Gasteiger partial charge in [-0.1, -0.05) is 41.9 Å². The molecule has 1 aromatic heterocycles. The van der Waals surface area contributed by atoms with Gasteiger partial charge in [0.05, 0.1) is 24.3 Å². The standard InChI is InChI=1S/C26H19ClN4O4S/c1-34-22-11-8-19(27)13-21(22)24-29-26(31-30-24)36-23(25(32)33)12-16-6-9-20(10-7-16)35-15-18-5-3-2-4-17(18)14-28/h2-13H,15H2,1H3,(H,32,33)(H,29,30,31)/b23-12-. The third-order valence-electron chi connectivity index (χ3n) is 5.00. The number of hydrogen-bond donors (Lipinski definition) is 2. The van der Waals surface area contributed by atoms with Crippen LogP contribution in [0.5, 0.6) is 11.5 Å². The minimum absolute atomic E-state index is 0.0372. The van der Waals surface area contributed by atoms with E-state index < -0.39 is 5.97 Å². The largest absolute Gasteiger partial charge is 0.496 e. The van der Waals surface area contributed by atoms with E-state index in [2.05, 4.69) is 21.3 Å². The first-order chi connectivity index (χ1) is 17.5. The summed E-state index contributed by atoms with van der Waals surface area (Å²) in [6.07, 6.45) is 1.53. The van der Waals surface area contributed by atoms with Gasteiger partial charge in [-0.25, -0.2) is 9.78 Å². The van der Waals surface area contributed by atoms with Crippen LogP contribution >= 0.6 is 23.4 Å². The molecule has 0 aliphatic carbocycles. The van der Waals surface area contributed by atoms with Gasteiger partial charge in [-0.2, -0.15) is 5.26 Å². The summed E-state index contributed by atoms with van der Waals surface area (Å²) in [5, 5.41) is 26.6. The summed E-state index contributed by atoms with van der Waals surface area (Å²) in [7, 11) is 1.53. The van der Waals surface area contributed by atoms with Crippen LogP contribution < -0.4 is 9.47 Å². The highest BCUT2D eigenvalue weighted by molar-refractivity contribution is 8.04. The van der Waals surface area contributed by atoms with Gasteiger partial charge in [0, 0.05) is 10.6 Å². The molecule has 180 valence electrons. The molecule has 0 aliphatic heterocycles. The van der Waals surface area contributed by atoms with Crippen LogP contribution in [-0.2, 0) is 11.4 Å². The Kier molecular flexibility index (Phi) is 7.90. The van der Waals surface area contributed by atoms with E-state index in [0.29, 0.717) is 39.0 Å². The smallest absolute Gasteiger partial charge is 0.342 e. The minimum atomic E-state index is -1.11. The lowest BCUT2D eigenvalue weighted by Gasteiger charge is -2.08. The topological polar surface area (TPSA) is 121 Å². The van der Waals surface area contributed by atoms with E-state index in [9.17, 15) is 15.2 Å². The fourth-order valence-electron chi connectivity index (χ4n) is 3.24. The Hall–Kier alpha value is -4.26. The van der Waals surface area contributed by atoms with Crippen LogP contribution in [0.4, 0.5) is 0 Å². The number of nitrogens with zero attached hydrogens (tertiary/aromatic N) is 3. The van der Waals surface area contributed by atoms with Crippen molar-refractivity contribution in [1.82, 2.24) is 15.2 Å². The molecule has 8 nitrogen and oxygen atoms in total. The molecule has 0 aliphatic rings. The zero-order valence-corrected chi connectivity index (χ0v) is 20.5. The molecular formula is C26H19ClN4O4S. The highest BCUT2D eigenvalue weighted by Crippen LogP contribution is 2.33. The summed E-state index contributed by atoms with van der Waals surface area (Å²) >= 11 is 7.00. The Balaban J connectivity index is 1.47. The molecule has 0 atom stereocenters. The van der Waals surface area contributed by atoms with Gasteiger partial charge in [-0.15, -0.1) is 5.10 Å². The molecule has 0 bridgehead atoms. The van der Waals surface area contributed by atoms with Crippen molar-refractivity contribution < 1.29 is 19.4 Å². The summed E-state index contributed by atoms with van der Waals surface area (Å²) in [4.78, 5) is 16.3. The zero-order valence-electron chi connectivity index (χ0n) is 18.9. The molecule has 4 rings (SSSR count). The number of aromatic amines is 1. The van der Waals surface area contributed by atoms with Crippen LogP contribution in [-0.4, -0.2) is 33.4 Å². The molecule has 36 heavy (non-hydrogen) atoms. The van der Waals surface area contributed by atoms with Crippen molar-refractivity contribution in [3.63, 3.8) is 0 Å². The first kappa shape index (κ1) is 24.9. The van der Waals surface area contributed by atoms with Crippen LogP contribution in [0, 0.1) is 11.3 Å². The number of benzene rings is 3. The van der Waals surface area contributed by atoms with E-state index in [0.717, 1.165) is 17.3 Å². The van der Waals surface area contributed by atoms with E-state index in [4.69, 9.17) is 21.1 Å². The number of aliphatic carboxylic acids is 1. The zero-order chi connectivity index (χ0) is 25.5. The molecule has 0 saturated carbocycles. The van der Waals surface area contributed by atoms with Gasteiger partial charge in [0.2, 0.25) is 5.16 Å². The average Bonchev–Trinajstić information content (AvgIpc) is 3.36. The third-order valence-corrected chi connectivity index (χ3v) is 6.12. The van der Waals surface area contributed by atoms with Crippen LogP contribution in [0.15, 0.2) is 76.8 Å². The molecule has 4 aromatic rings. The lowest BCUT2D eigenvalue weighted by Crippen LogP contribution is -1.98. The fraction of sp³-hybridized carbons (Fsp3) is 0.0769. The third kappa shape index (κ3) is 6.05. The van der Waals surface area contributed by atoms with Crippen molar-refractivity contribution in [2.45, 2.75) is 11.8 Å². The van der Waals surface area contributed by atoms with Gasteiger partial charge >= 0.3 is 5.97 Å². The highest BCUT2D eigenvalue weighted by Gasteiger charge is 2.16. The highest BCUT2D eigenvalue weighted by atomic mass is 35.5. The summed E-state index contributed by atoms with van der Waals surface area (Å²) in [6.45, 7) is 0.250. The Morgan fingerprint density at radius 3 is 2.69 bits per heavy atom. The van der Waals surface area contributed by atoms with Gasteiger partial charge in [0.25, 0.3) is 0 Å². The second-order valence-electron chi connectivity index (χ2n) is 7.35. The van der Waals surface area contributed by atoms with E-state index in [-0.39, 0.29) is 16.7 Å². The molecule has 10 heteroatoms. The number of carbonyl (C=O) groups is 1. The van der Waals surface area contributed by atoms with Crippen molar-refractivity contribution in [3.8, 4) is 29.0 Å². The molecule has 0 amide bonds. The molecular weight excluding hydrogens is 500 g/mol. The molecule has 1 heterocycles. The van der Waals surface area contributed by atoms with Crippen molar-refractivity contribution in [1.29, 1.82) is 5.26 Å². The number of carboxylic acid groups (broad SMARTS) is 1. The predicted molar refractivity (Wildman–Crippen MR) is 137 cm³/mol. The maximum atomic E-state index is 11.9. The number of thioether (sulfide) groups is 1. The molecule has 0 fully saturated rings. The van der Waals surface area contributed by atoms with Gasteiger partial charge in [-0.3, -0.25) is 5.10 Å². The molecule has 0 spiro atoms.